The molecule has 1 aliphatic heterocycles. The number of carbonyl (C=O) groups is 1. The van der Waals surface area contributed by atoms with Gasteiger partial charge in [-0.2, -0.15) is 0 Å². The summed E-state index contributed by atoms with van der Waals surface area (Å²) in [7, 11) is 3.76. The Bertz CT molecular complexity index is 955. The van der Waals surface area contributed by atoms with Gasteiger partial charge < -0.3 is 19.4 Å². The molecule has 0 bridgehead atoms. The first-order valence-corrected chi connectivity index (χ1v) is 9.31. The van der Waals surface area contributed by atoms with E-state index in [0.717, 1.165) is 48.2 Å². The van der Waals surface area contributed by atoms with E-state index < -0.39 is 0 Å². The molecule has 0 aliphatic carbocycles. The maximum Gasteiger partial charge on any atom is 0.287 e. The van der Waals surface area contributed by atoms with Gasteiger partial charge in [0.05, 0.1) is 7.11 Å². The Balaban J connectivity index is 1.64. The first-order chi connectivity index (χ1) is 13.2. The molecule has 5 nitrogen and oxygen atoms in total. The number of piperidine rings is 1. The van der Waals surface area contributed by atoms with E-state index in [2.05, 4.69) is 17.3 Å². The molecule has 4 rings (SSSR count). The summed E-state index contributed by atoms with van der Waals surface area (Å²) < 4.78 is 11.5. The van der Waals surface area contributed by atoms with Gasteiger partial charge in [0.1, 0.15) is 11.3 Å². The van der Waals surface area contributed by atoms with Crippen molar-refractivity contribution in [3.63, 3.8) is 0 Å². The van der Waals surface area contributed by atoms with Crippen LogP contribution in [0.2, 0.25) is 0 Å². The van der Waals surface area contributed by atoms with E-state index in [1.54, 1.807) is 7.11 Å². The normalized spacial score (nSPS) is 15.8. The molecule has 1 aromatic heterocycles. The van der Waals surface area contributed by atoms with Gasteiger partial charge in [0.25, 0.3) is 5.91 Å². The van der Waals surface area contributed by atoms with Crippen LogP contribution < -0.4 is 10.1 Å². The molecule has 1 N–H and O–H groups in total. The van der Waals surface area contributed by atoms with E-state index >= 15 is 0 Å². The number of nitrogens with zero attached hydrogens (tertiary/aromatic N) is 1. The van der Waals surface area contributed by atoms with Crippen LogP contribution in [0.25, 0.3) is 22.1 Å². The fourth-order valence-electron chi connectivity index (χ4n) is 3.66. The summed E-state index contributed by atoms with van der Waals surface area (Å²) in [5.41, 5.74) is 2.57. The van der Waals surface area contributed by atoms with Crippen LogP contribution in [-0.4, -0.2) is 44.1 Å². The second-order valence-corrected chi connectivity index (χ2v) is 7.09. The van der Waals surface area contributed by atoms with Crippen molar-refractivity contribution in [2.75, 3.05) is 27.2 Å². The molecule has 1 saturated heterocycles. The number of fused-ring (bicyclic) bond motifs is 1. The summed E-state index contributed by atoms with van der Waals surface area (Å²) in [5.74, 6) is 0.983. The number of likely N-dealkylation sites (tertiary alicyclic amines) is 1. The fourth-order valence-corrected chi connectivity index (χ4v) is 3.66. The summed E-state index contributed by atoms with van der Waals surface area (Å²) in [6.45, 7) is 2.01. The van der Waals surface area contributed by atoms with E-state index in [1.165, 1.54) is 0 Å². The number of hydrogen-bond acceptors (Lipinski definition) is 4. The predicted molar refractivity (Wildman–Crippen MR) is 106 cm³/mol. The molecule has 27 heavy (non-hydrogen) atoms. The van der Waals surface area contributed by atoms with Crippen LogP contribution in [-0.2, 0) is 0 Å². The molecule has 0 spiro atoms. The zero-order valence-corrected chi connectivity index (χ0v) is 15.7. The number of hydrogen-bond donors (Lipinski definition) is 1. The third-order valence-electron chi connectivity index (χ3n) is 5.22. The third kappa shape index (κ3) is 3.55. The molecule has 1 aliphatic rings. The second kappa shape index (κ2) is 7.45. The molecule has 5 heteroatoms. The Morgan fingerprint density at radius 1 is 1.11 bits per heavy atom. The molecular formula is C22H24N2O3. The first-order valence-electron chi connectivity index (χ1n) is 9.31. The quantitative estimate of drug-likeness (QED) is 0.762. The van der Waals surface area contributed by atoms with Crippen LogP contribution in [0.15, 0.2) is 52.9 Å². The number of rotatable bonds is 4. The van der Waals surface area contributed by atoms with Crippen molar-refractivity contribution >= 4 is 16.9 Å². The van der Waals surface area contributed by atoms with E-state index in [0.29, 0.717) is 11.3 Å². The van der Waals surface area contributed by atoms with Crippen molar-refractivity contribution in [2.45, 2.75) is 18.9 Å². The largest absolute Gasteiger partial charge is 0.496 e. The maximum atomic E-state index is 12.7. The zero-order valence-electron chi connectivity index (χ0n) is 15.7. The van der Waals surface area contributed by atoms with Gasteiger partial charge in [0, 0.05) is 22.6 Å². The number of methoxy groups -OCH3 is 1. The summed E-state index contributed by atoms with van der Waals surface area (Å²) in [5, 5.41) is 4.02. The lowest BCUT2D eigenvalue weighted by Gasteiger charge is -2.29. The zero-order chi connectivity index (χ0) is 18.8. The Kier molecular flexibility index (Phi) is 4.86. The minimum absolute atomic E-state index is 0.147. The highest BCUT2D eigenvalue weighted by atomic mass is 16.5. The lowest BCUT2D eigenvalue weighted by Crippen LogP contribution is -2.43. The van der Waals surface area contributed by atoms with Crippen molar-refractivity contribution in [3.8, 4) is 16.9 Å². The minimum atomic E-state index is -0.147. The highest BCUT2D eigenvalue weighted by molar-refractivity contribution is 6.00. The monoisotopic (exact) mass is 364 g/mol. The van der Waals surface area contributed by atoms with Gasteiger partial charge in [-0.3, -0.25) is 4.79 Å². The van der Waals surface area contributed by atoms with Gasteiger partial charge in [0.15, 0.2) is 5.76 Å². The summed E-state index contributed by atoms with van der Waals surface area (Å²) in [6, 6.07) is 15.8. The molecule has 0 atom stereocenters. The number of nitrogens with one attached hydrogen (secondary N) is 1. The predicted octanol–water partition coefficient (Wildman–Crippen LogP) is 3.93. The second-order valence-electron chi connectivity index (χ2n) is 7.09. The lowest BCUT2D eigenvalue weighted by atomic mass is 10.0. The van der Waals surface area contributed by atoms with Gasteiger partial charge in [-0.25, -0.2) is 0 Å². The van der Waals surface area contributed by atoms with Gasteiger partial charge in [-0.1, -0.05) is 36.4 Å². The molecule has 0 saturated carbocycles. The molecule has 2 heterocycles. The molecule has 0 radical (unpaired) electrons. The SMILES string of the molecule is COc1ccccc1-c1cccc2cc(C(=O)NC3CCN(C)CC3)oc12. The number of benzene rings is 2. The van der Waals surface area contributed by atoms with Crippen LogP contribution in [0.4, 0.5) is 0 Å². The van der Waals surface area contributed by atoms with Crippen molar-refractivity contribution in [2.24, 2.45) is 0 Å². The first kappa shape index (κ1) is 17.6. The number of amides is 1. The molecule has 2 aromatic carbocycles. The summed E-state index contributed by atoms with van der Waals surface area (Å²) >= 11 is 0. The van der Waals surface area contributed by atoms with E-state index in [9.17, 15) is 4.79 Å². The molecule has 1 amide bonds. The lowest BCUT2D eigenvalue weighted by molar-refractivity contribution is 0.0891. The van der Waals surface area contributed by atoms with Crippen LogP contribution in [0, 0.1) is 0 Å². The number of furan rings is 1. The van der Waals surface area contributed by atoms with Crippen LogP contribution in [0.5, 0.6) is 5.75 Å². The topological polar surface area (TPSA) is 54.7 Å². The molecule has 1 fully saturated rings. The average Bonchev–Trinajstić information content (AvgIpc) is 3.14. The van der Waals surface area contributed by atoms with Crippen LogP contribution in [0.3, 0.4) is 0 Å². The van der Waals surface area contributed by atoms with Crippen molar-refractivity contribution < 1.29 is 13.9 Å². The Hall–Kier alpha value is -2.79. The highest BCUT2D eigenvalue weighted by Crippen LogP contribution is 2.36. The number of carbonyl (C=O) groups excluding carboxylic acids is 1. The Morgan fingerprint density at radius 3 is 2.63 bits per heavy atom. The van der Waals surface area contributed by atoms with E-state index in [1.807, 2.05) is 48.5 Å². The summed E-state index contributed by atoms with van der Waals surface area (Å²) in [4.78, 5) is 15.0. The smallest absolute Gasteiger partial charge is 0.287 e. The van der Waals surface area contributed by atoms with E-state index in [-0.39, 0.29) is 11.9 Å². The number of para-hydroxylation sites is 2. The highest BCUT2D eigenvalue weighted by Gasteiger charge is 2.22. The minimum Gasteiger partial charge on any atom is -0.496 e. The van der Waals surface area contributed by atoms with Crippen LogP contribution >= 0.6 is 0 Å². The number of ether oxygens (including phenoxy) is 1. The van der Waals surface area contributed by atoms with Gasteiger partial charge in [0.2, 0.25) is 0 Å². The molecule has 0 unspecified atom stereocenters. The van der Waals surface area contributed by atoms with Crippen molar-refractivity contribution in [3.05, 3.63) is 54.3 Å². The average molecular weight is 364 g/mol. The van der Waals surface area contributed by atoms with Crippen molar-refractivity contribution in [1.29, 1.82) is 0 Å². The van der Waals surface area contributed by atoms with Crippen LogP contribution in [0.1, 0.15) is 23.4 Å². The standard InChI is InChI=1S/C22H24N2O3/c1-24-12-10-16(11-13-24)23-22(25)20-14-15-6-5-8-18(21(15)27-20)17-7-3-4-9-19(17)26-2/h3-9,14,16H,10-13H2,1-2H3,(H,23,25). The fraction of sp³-hybridized carbons (Fsp3) is 0.318. The van der Waals surface area contributed by atoms with Crippen molar-refractivity contribution in [1.82, 2.24) is 10.2 Å². The molecule has 3 aromatic rings. The Labute approximate surface area is 158 Å². The van der Waals surface area contributed by atoms with Gasteiger partial charge >= 0.3 is 0 Å². The molecular weight excluding hydrogens is 340 g/mol. The molecule has 140 valence electrons. The maximum absolute atomic E-state index is 12.7. The van der Waals surface area contributed by atoms with Gasteiger partial charge in [-0.15, -0.1) is 0 Å². The van der Waals surface area contributed by atoms with Gasteiger partial charge in [-0.05, 0) is 45.1 Å². The summed E-state index contributed by atoms with van der Waals surface area (Å²) in [6.07, 6.45) is 1.93. The Morgan fingerprint density at radius 2 is 1.85 bits per heavy atom. The van der Waals surface area contributed by atoms with E-state index in [4.69, 9.17) is 9.15 Å². The third-order valence-corrected chi connectivity index (χ3v) is 5.22.